The highest BCUT2D eigenvalue weighted by molar-refractivity contribution is 7.09. The Bertz CT molecular complexity index is 468. The molecule has 0 atom stereocenters. The fourth-order valence-corrected chi connectivity index (χ4v) is 2.45. The maximum Gasteiger partial charge on any atom is 0.289 e. The topological polar surface area (TPSA) is 60.5 Å². The first-order valence-electron chi connectivity index (χ1n) is 5.82. The van der Waals surface area contributed by atoms with Gasteiger partial charge in [-0.2, -0.15) is 0 Å². The van der Waals surface area contributed by atoms with E-state index in [9.17, 15) is 4.79 Å². The average molecular weight is 268 g/mol. The van der Waals surface area contributed by atoms with Crippen molar-refractivity contribution in [1.82, 2.24) is 10.3 Å². The van der Waals surface area contributed by atoms with Crippen LogP contribution in [0.2, 0.25) is 0 Å². The molecule has 2 rings (SSSR count). The monoisotopic (exact) mass is 268 g/mol. The second kappa shape index (κ2) is 5.86. The van der Waals surface area contributed by atoms with Gasteiger partial charge in [-0.25, -0.2) is 4.98 Å². The number of thiazole rings is 1. The van der Waals surface area contributed by atoms with Gasteiger partial charge in [-0.1, -0.05) is 0 Å². The summed E-state index contributed by atoms with van der Waals surface area (Å²) in [5.41, 5.74) is 2.85. The van der Waals surface area contributed by atoms with E-state index >= 15 is 0 Å². The van der Waals surface area contributed by atoms with Crippen molar-refractivity contribution in [3.05, 3.63) is 27.6 Å². The molecular weight excluding hydrogens is 252 g/mol. The summed E-state index contributed by atoms with van der Waals surface area (Å²) in [6.45, 7) is 5.21. The number of amides is 1. The number of carbonyl (C=O) groups excluding carboxylic acids is 1. The molecule has 18 heavy (non-hydrogen) atoms. The number of aromatic nitrogens is 1. The summed E-state index contributed by atoms with van der Waals surface area (Å²) in [7, 11) is 0. The third kappa shape index (κ3) is 3.01. The van der Waals surface area contributed by atoms with Crippen LogP contribution in [0.25, 0.3) is 0 Å². The minimum Gasteiger partial charge on any atom is -0.491 e. The molecule has 5 nitrogen and oxygen atoms in total. The van der Waals surface area contributed by atoms with Crippen LogP contribution in [0.3, 0.4) is 0 Å². The smallest absolute Gasteiger partial charge is 0.289 e. The van der Waals surface area contributed by atoms with Gasteiger partial charge < -0.3 is 14.8 Å². The molecule has 0 aromatic carbocycles. The van der Waals surface area contributed by atoms with Crippen LogP contribution in [-0.4, -0.2) is 30.6 Å². The maximum atomic E-state index is 11.8. The van der Waals surface area contributed by atoms with Gasteiger partial charge in [0.15, 0.2) is 0 Å². The normalized spacial score (nSPS) is 15.0. The first-order valence-corrected chi connectivity index (χ1v) is 6.70. The summed E-state index contributed by atoms with van der Waals surface area (Å²) in [6, 6.07) is 0. The van der Waals surface area contributed by atoms with Gasteiger partial charge in [0, 0.05) is 17.8 Å². The van der Waals surface area contributed by atoms with Crippen molar-refractivity contribution in [2.24, 2.45) is 0 Å². The Labute approximate surface area is 110 Å². The van der Waals surface area contributed by atoms with Crippen LogP contribution in [0, 0.1) is 6.92 Å². The predicted molar refractivity (Wildman–Crippen MR) is 68.2 cm³/mol. The van der Waals surface area contributed by atoms with Crippen molar-refractivity contribution in [3.8, 4) is 0 Å². The highest BCUT2D eigenvalue weighted by Crippen LogP contribution is 2.14. The number of carbonyl (C=O) groups is 1. The lowest BCUT2D eigenvalue weighted by Gasteiger charge is -2.19. The molecule has 0 saturated carbocycles. The Balaban J connectivity index is 1.83. The lowest BCUT2D eigenvalue weighted by molar-refractivity contribution is -0.122. The van der Waals surface area contributed by atoms with Gasteiger partial charge in [-0.3, -0.25) is 4.79 Å². The quantitative estimate of drug-likeness (QED) is 0.896. The third-order valence-electron chi connectivity index (χ3n) is 2.66. The van der Waals surface area contributed by atoms with Crippen molar-refractivity contribution in [1.29, 1.82) is 0 Å². The van der Waals surface area contributed by atoms with Crippen LogP contribution in [0.4, 0.5) is 0 Å². The first kappa shape index (κ1) is 12.9. The number of ether oxygens (including phenoxy) is 2. The molecule has 0 radical (unpaired) electrons. The van der Waals surface area contributed by atoms with Crippen molar-refractivity contribution < 1.29 is 14.3 Å². The maximum absolute atomic E-state index is 11.8. The predicted octanol–water partition coefficient (Wildman–Crippen LogP) is 1.39. The zero-order valence-electron chi connectivity index (χ0n) is 10.5. The van der Waals surface area contributed by atoms with E-state index in [0.29, 0.717) is 31.3 Å². The molecule has 6 heteroatoms. The number of hydrogen-bond acceptors (Lipinski definition) is 5. The lowest BCUT2D eigenvalue weighted by Crippen LogP contribution is -2.31. The van der Waals surface area contributed by atoms with E-state index in [1.165, 1.54) is 4.88 Å². The summed E-state index contributed by atoms with van der Waals surface area (Å²) < 4.78 is 10.6. The van der Waals surface area contributed by atoms with E-state index < -0.39 is 0 Å². The zero-order chi connectivity index (χ0) is 13.0. The van der Waals surface area contributed by atoms with Gasteiger partial charge in [-0.05, 0) is 13.8 Å². The molecule has 98 valence electrons. The highest BCUT2D eigenvalue weighted by atomic mass is 32.1. The molecular formula is C12H16N2O3S. The highest BCUT2D eigenvalue weighted by Gasteiger charge is 2.19. The van der Waals surface area contributed by atoms with E-state index in [1.807, 2.05) is 12.4 Å². The van der Waals surface area contributed by atoms with E-state index in [2.05, 4.69) is 10.3 Å². The van der Waals surface area contributed by atoms with Crippen molar-refractivity contribution in [2.75, 3.05) is 19.8 Å². The van der Waals surface area contributed by atoms with Crippen LogP contribution >= 0.6 is 11.3 Å². The van der Waals surface area contributed by atoms with Gasteiger partial charge in [0.2, 0.25) is 5.76 Å². The van der Waals surface area contributed by atoms with Gasteiger partial charge in [0.1, 0.15) is 19.0 Å². The first-order chi connectivity index (χ1) is 8.68. The zero-order valence-corrected chi connectivity index (χ0v) is 11.3. The average Bonchev–Trinajstić information content (AvgIpc) is 2.75. The van der Waals surface area contributed by atoms with E-state index in [1.54, 1.807) is 18.3 Å². The minimum atomic E-state index is -0.214. The van der Waals surface area contributed by atoms with Gasteiger partial charge in [0.05, 0.1) is 11.2 Å². The Morgan fingerprint density at radius 2 is 2.22 bits per heavy atom. The standard InChI is InChI=1S/C12H16N2O3S/c1-8-10(18-7-14-8)3-4-13-12(15)11-9(2)16-5-6-17-11/h7H,3-6H2,1-2H3,(H,13,15). The van der Waals surface area contributed by atoms with Crippen molar-refractivity contribution >= 4 is 17.2 Å². The Hall–Kier alpha value is -1.56. The number of nitrogens with one attached hydrogen (secondary N) is 1. The van der Waals surface area contributed by atoms with Crippen LogP contribution < -0.4 is 5.32 Å². The molecule has 0 spiro atoms. The summed E-state index contributed by atoms with van der Waals surface area (Å²) in [4.78, 5) is 17.2. The largest absolute Gasteiger partial charge is 0.491 e. The Morgan fingerprint density at radius 3 is 2.89 bits per heavy atom. The number of rotatable bonds is 4. The molecule has 0 saturated heterocycles. The third-order valence-corrected chi connectivity index (χ3v) is 3.65. The molecule has 1 aromatic rings. The van der Waals surface area contributed by atoms with Crippen LogP contribution in [0.1, 0.15) is 17.5 Å². The molecule has 0 aliphatic carbocycles. The summed E-state index contributed by atoms with van der Waals surface area (Å²) >= 11 is 1.61. The van der Waals surface area contributed by atoms with Gasteiger partial charge in [-0.15, -0.1) is 11.3 Å². The molecule has 0 bridgehead atoms. The molecule has 1 N–H and O–H groups in total. The van der Waals surface area contributed by atoms with Crippen LogP contribution in [-0.2, 0) is 20.7 Å². The lowest BCUT2D eigenvalue weighted by atomic mass is 10.3. The fourth-order valence-electron chi connectivity index (χ4n) is 1.67. The Morgan fingerprint density at radius 1 is 1.44 bits per heavy atom. The summed E-state index contributed by atoms with van der Waals surface area (Å²) in [5, 5.41) is 2.83. The van der Waals surface area contributed by atoms with Gasteiger partial charge in [0.25, 0.3) is 5.91 Å². The van der Waals surface area contributed by atoms with E-state index in [0.717, 1.165) is 12.1 Å². The van der Waals surface area contributed by atoms with Crippen molar-refractivity contribution in [3.63, 3.8) is 0 Å². The number of nitrogens with zero attached hydrogens (tertiary/aromatic N) is 1. The number of allylic oxidation sites excluding steroid dienone is 1. The molecule has 2 heterocycles. The molecule has 0 fully saturated rings. The number of hydrogen-bond donors (Lipinski definition) is 1. The molecule has 0 unspecified atom stereocenters. The SMILES string of the molecule is CC1=C(C(=O)NCCc2scnc2C)OCCO1. The van der Waals surface area contributed by atoms with E-state index in [-0.39, 0.29) is 5.91 Å². The van der Waals surface area contributed by atoms with Crippen LogP contribution in [0.15, 0.2) is 17.0 Å². The Kier molecular flexibility index (Phi) is 4.19. The minimum absolute atomic E-state index is 0.214. The number of aryl methyl sites for hydroxylation is 1. The molecule has 1 aliphatic heterocycles. The second-order valence-electron chi connectivity index (χ2n) is 3.95. The second-order valence-corrected chi connectivity index (χ2v) is 4.89. The fraction of sp³-hybridized carbons (Fsp3) is 0.500. The van der Waals surface area contributed by atoms with E-state index in [4.69, 9.17) is 9.47 Å². The molecule has 1 aliphatic rings. The van der Waals surface area contributed by atoms with Gasteiger partial charge >= 0.3 is 0 Å². The van der Waals surface area contributed by atoms with Crippen molar-refractivity contribution in [2.45, 2.75) is 20.3 Å². The summed E-state index contributed by atoms with van der Waals surface area (Å²) in [5.74, 6) is 0.629. The van der Waals surface area contributed by atoms with Crippen LogP contribution in [0.5, 0.6) is 0 Å². The summed E-state index contributed by atoms with van der Waals surface area (Å²) in [6.07, 6.45) is 0.787. The molecule has 1 aromatic heterocycles. The molecule has 1 amide bonds.